The Morgan fingerprint density at radius 2 is 1.86 bits per heavy atom. The first-order valence-electron chi connectivity index (χ1n) is 7.75. The van der Waals surface area contributed by atoms with Crippen molar-refractivity contribution in [3.05, 3.63) is 12.2 Å². The van der Waals surface area contributed by atoms with Crippen LogP contribution in [0.2, 0.25) is 0 Å². The summed E-state index contributed by atoms with van der Waals surface area (Å²) in [5.74, 6) is -0.0554. The van der Waals surface area contributed by atoms with Crippen molar-refractivity contribution in [1.82, 2.24) is 10.2 Å². The Bertz CT molecular complexity index is 340. The summed E-state index contributed by atoms with van der Waals surface area (Å²) in [6.45, 7) is 3.55. The Kier molecular flexibility index (Phi) is 12.3. The highest BCUT2D eigenvalue weighted by Gasteiger charge is 2.04. The largest absolute Gasteiger partial charge is 0.356 e. The van der Waals surface area contributed by atoms with E-state index in [0.29, 0.717) is 19.3 Å². The lowest BCUT2D eigenvalue weighted by Gasteiger charge is -2.14. The van der Waals surface area contributed by atoms with Crippen molar-refractivity contribution in [1.29, 1.82) is 0 Å². The van der Waals surface area contributed by atoms with Gasteiger partial charge in [-0.05, 0) is 25.3 Å². The van der Waals surface area contributed by atoms with Crippen LogP contribution in [0.15, 0.2) is 12.2 Å². The quantitative estimate of drug-likeness (QED) is 0.340. The number of carbonyl (C=O) groups is 3. The predicted molar refractivity (Wildman–Crippen MR) is 83.8 cm³/mol. The van der Waals surface area contributed by atoms with E-state index in [2.05, 4.69) is 12.2 Å². The third-order valence-electron chi connectivity index (χ3n) is 3.19. The molecule has 0 saturated carbocycles. The number of rotatable bonds is 12. The maximum Gasteiger partial charge on any atom is 0.246 e. The van der Waals surface area contributed by atoms with Gasteiger partial charge in [0.25, 0.3) is 0 Å². The van der Waals surface area contributed by atoms with E-state index in [4.69, 9.17) is 0 Å². The summed E-state index contributed by atoms with van der Waals surface area (Å²) in [6, 6.07) is 0. The second-order valence-electron chi connectivity index (χ2n) is 5.12. The van der Waals surface area contributed by atoms with Crippen molar-refractivity contribution in [3.8, 4) is 0 Å². The van der Waals surface area contributed by atoms with E-state index in [1.165, 1.54) is 12.2 Å². The average Bonchev–Trinajstić information content (AvgIpc) is 2.48. The van der Waals surface area contributed by atoms with Crippen LogP contribution in [0, 0.1) is 0 Å². The van der Waals surface area contributed by atoms with Gasteiger partial charge in [0.05, 0.1) is 0 Å². The van der Waals surface area contributed by atoms with Gasteiger partial charge in [-0.25, -0.2) is 0 Å². The average molecular weight is 296 g/mol. The summed E-state index contributed by atoms with van der Waals surface area (Å²) in [7, 11) is 1.71. The van der Waals surface area contributed by atoms with Crippen molar-refractivity contribution < 1.29 is 14.4 Å². The zero-order valence-electron chi connectivity index (χ0n) is 13.3. The van der Waals surface area contributed by atoms with Crippen LogP contribution in [-0.4, -0.2) is 43.1 Å². The van der Waals surface area contributed by atoms with E-state index >= 15 is 0 Å². The van der Waals surface area contributed by atoms with Gasteiger partial charge in [0, 0.05) is 32.6 Å². The topological polar surface area (TPSA) is 66.5 Å². The molecule has 0 aromatic heterocycles. The first-order valence-corrected chi connectivity index (χ1v) is 7.75. The van der Waals surface area contributed by atoms with Crippen LogP contribution >= 0.6 is 0 Å². The molecule has 5 heteroatoms. The number of likely N-dealkylation sites (N-methyl/N-ethyl adjacent to an activating group) is 1. The second kappa shape index (κ2) is 13.3. The molecule has 0 aliphatic rings. The van der Waals surface area contributed by atoms with Gasteiger partial charge in [-0.2, -0.15) is 0 Å². The molecule has 21 heavy (non-hydrogen) atoms. The van der Waals surface area contributed by atoms with Crippen molar-refractivity contribution >= 4 is 18.1 Å². The van der Waals surface area contributed by atoms with Crippen LogP contribution in [-0.2, 0) is 14.4 Å². The number of nitrogens with zero attached hydrogens (tertiary/aromatic N) is 1. The fourth-order valence-corrected chi connectivity index (χ4v) is 1.86. The lowest BCUT2D eigenvalue weighted by atomic mass is 10.1. The Balaban J connectivity index is 3.54. The van der Waals surface area contributed by atoms with Crippen molar-refractivity contribution in [2.45, 2.75) is 51.9 Å². The van der Waals surface area contributed by atoms with Gasteiger partial charge in [0.1, 0.15) is 6.29 Å². The first-order chi connectivity index (χ1) is 10.1. The molecule has 0 aliphatic carbocycles. The van der Waals surface area contributed by atoms with Gasteiger partial charge < -0.3 is 10.2 Å². The van der Waals surface area contributed by atoms with Crippen LogP contribution < -0.4 is 5.32 Å². The zero-order valence-corrected chi connectivity index (χ0v) is 13.3. The monoisotopic (exact) mass is 296 g/mol. The van der Waals surface area contributed by atoms with Crippen LogP contribution in [0.5, 0.6) is 0 Å². The van der Waals surface area contributed by atoms with Crippen molar-refractivity contribution in [2.24, 2.45) is 0 Å². The molecule has 0 heterocycles. The molecular weight excluding hydrogens is 268 g/mol. The highest BCUT2D eigenvalue weighted by Crippen LogP contribution is 2.02. The van der Waals surface area contributed by atoms with Gasteiger partial charge in [0.2, 0.25) is 11.8 Å². The summed E-state index contributed by atoms with van der Waals surface area (Å²) in [4.78, 5) is 34.7. The zero-order chi connectivity index (χ0) is 15.9. The molecule has 5 nitrogen and oxygen atoms in total. The summed E-state index contributed by atoms with van der Waals surface area (Å²) in [6.07, 6.45) is 9.56. The third-order valence-corrected chi connectivity index (χ3v) is 3.19. The molecule has 0 unspecified atom stereocenters. The number of amides is 2. The van der Waals surface area contributed by atoms with Gasteiger partial charge in [-0.1, -0.05) is 26.2 Å². The SMILES string of the molecule is CCCCCNC(=O)CCCCCN(C)C(=O)/C=C\C=O. The molecule has 120 valence electrons. The minimum Gasteiger partial charge on any atom is -0.356 e. The summed E-state index contributed by atoms with van der Waals surface area (Å²) < 4.78 is 0. The smallest absolute Gasteiger partial charge is 0.246 e. The molecular formula is C16H28N2O3. The van der Waals surface area contributed by atoms with Gasteiger partial charge in [-0.3, -0.25) is 14.4 Å². The number of nitrogens with one attached hydrogen (secondary N) is 1. The van der Waals surface area contributed by atoms with Crippen molar-refractivity contribution in [2.75, 3.05) is 20.1 Å². The number of carbonyl (C=O) groups excluding carboxylic acids is 3. The molecule has 0 bridgehead atoms. The highest BCUT2D eigenvalue weighted by atomic mass is 16.2. The first kappa shape index (κ1) is 19.4. The standard InChI is InChI=1S/C16H28N2O3/c1-3-4-7-12-17-15(20)10-6-5-8-13-18(2)16(21)11-9-14-19/h9,11,14H,3-8,10,12-13H2,1-2H3,(H,17,20)/b11-9-. The second-order valence-corrected chi connectivity index (χ2v) is 5.12. The molecule has 2 amide bonds. The summed E-state index contributed by atoms with van der Waals surface area (Å²) in [5, 5.41) is 2.91. The molecule has 0 fully saturated rings. The number of unbranched alkanes of at least 4 members (excludes halogenated alkanes) is 4. The third kappa shape index (κ3) is 11.8. The summed E-state index contributed by atoms with van der Waals surface area (Å²) in [5.41, 5.74) is 0. The molecule has 0 aromatic rings. The highest BCUT2D eigenvalue weighted by molar-refractivity contribution is 5.90. The van der Waals surface area contributed by atoms with Gasteiger partial charge in [-0.15, -0.1) is 0 Å². The van der Waals surface area contributed by atoms with E-state index in [1.807, 2.05) is 0 Å². The minimum absolute atomic E-state index is 0.115. The molecule has 0 rings (SSSR count). The maximum atomic E-state index is 11.5. The van der Waals surface area contributed by atoms with E-state index in [-0.39, 0.29) is 11.8 Å². The summed E-state index contributed by atoms with van der Waals surface area (Å²) >= 11 is 0. The van der Waals surface area contributed by atoms with E-state index < -0.39 is 0 Å². The van der Waals surface area contributed by atoms with E-state index in [1.54, 1.807) is 11.9 Å². The predicted octanol–water partition coefficient (Wildman–Crippen LogP) is 2.07. The molecule has 0 radical (unpaired) electrons. The molecule has 0 spiro atoms. The van der Waals surface area contributed by atoms with Crippen LogP contribution in [0.25, 0.3) is 0 Å². The van der Waals surface area contributed by atoms with Crippen LogP contribution in [0.4, 0.5) is 0 Å². The van der Waals surface area contributed by atoms with Crippen molar-refractivity contribution in [3.63, 3.8) is 0 Å². The number of aldehydes is 1. The Labute approximate surface area is 127 Å². The van der Waals surface area contributed by atoms with E-state index in [0.717, 1.165) is 45.1 Å². The molecule has 1 N–H and O–H groups in total. The van der Waals surface area contributed by atoms with Crippen LogP contribution in [0.3, 0.4) is 0 Å². The van der Waals surface area contributed by atoms with Gasteiger partial charge >= 0.3 is 0 Å². The fraction of sp³-hybridized carbons (Fsp3) is 0.688. The Morgan fingerprint density at radius 3 is 2.52 bits per heavy atom. The minimum atomic E-state index is -0.171. The lowest BCUT2D eigenvalue weighted by Crippen LogP contribution is -2.26. The molecule has 0 aliphatic heterocycles. The number of hydrogen-bond donors (Lipinski definition) is 1. The Morgan fingerprint density at radius 1 is 1.10 bits per heavy atom. The number of allylic oxidation sites excluding steroid dienone is 1. The maximum absolute atomic E-state index is 11.5. The van der Waals surface area contributed by atoms with Crippen LogP contribution in [0.1, 0.15) is 51.9 Å². The lowest BCUT2D eigenvalue weighted by molar-refractivity contribution is -0.125. The molecule has 0 atom stereocenters. The van der Waals surface area contributed by atoms with E-state index in [9.17, 15) is 14.4 Å². The number of hydrogen-bond acceptors (Lipinski definition) is 3. The Hall–Kier alpha value is -1.65. The van der Waals surface area contributed by atoms with Gasteiger partial charge in [0.15, 0.2) is 0 Å². The normalized spacial score (nSPS) is 10.6. The molecule has 0 saturated heterocycles. The fourth-order valence-electron chi connectivity index (χ4n) is 1.86. The molecule has 0 aromatic carbocycles.